The fraction of sp³-hybridized carbons (Fsp3) is 0.333. The van der Waals surface area contributed by atoms with Gasteiger partial charge in [0.1, 0.15) is 6.04 Å². The van der Waals surface area contributed by atoms with Gasteiger partial charge in [-0.25, -0.2) is 4.98 Å². The van der Waals surface area contributed by atoms with E-state index in [2.05, 4.69) is 20.1 Å². The van der Waals surface area contributed by atoms with E-state index in [1.54, 1.807) is 11.8 Å². The first kappa shape index (κ1) is 13.0. The molecule has 1 aliphatic heterocycles. The number of carbonyl (C=O) groups is 1. The summed E-state index contributed by atoms with van der Waals surface area (Å²) in [7, 11) is 0. The number of imidazole rings is 1. The number of nitrogens with one attached hydrogen (secondary N) is 1. The molecular formula is C15H15N5O2. The Balaban J connectivity index is 1.66. The van der Waals surface area contributed by atoms with E-state index in [0.29, 0.717) is 24.1 Å². The average Bonchev–Trinajstić information content (AvgIpc) is 3.24. The van der Waals surface area contributed by atoms with Crippen molar-refractivity contribution in [3.63, 3.8) is 0 Å². The highest BCUT2D eigenvalue weighted by Crippen LogP contribution is 2.32. The van der Waals surface area contributed by atoms with Gasteiger partial charge in [0.25, 0.3) is 5.91 Å². The van der Waals surface area contributed by atoms with E-state index in [-0.39, 0.29) is 11.9 Å². The van der Waals surface area contributed by atoms with Gasteiger partial charge in [-0.3, -0.25) is 4.79 Å². The maximum atomic E-state index is 12.7. The van der Waals surface area contributed by atoms with E-state index in [0.717, 1.165) is 23.9 Å². The Hall–Kier alpha value is -2.70. The molecule has 1 aromatic carbocycles. The third-order valence-corrected chi connectivity index (χ3v) is 3.93. The largest absolute Gasteiger partial charge is 0.337 e. The first-order chi connectivity index (χ1) is 10.7. The highest BCUT2D eigenvalue weighted by Gasteiger charge is 2.35. The lowest BCUT2D eigenvalue weighted by atomic mass is 10.2. The number of nitrogens with zero attached hydrogens (tertiary/aromatic N) is 4. The second kappa shape index (κ2) is 4.94. The maximum absolute atomic E-state index is 12.7. The van der Waals surface area contributed by atoms with E-state index in [1.165, 1.54) is 0 Å². The molecule has 0 spiro atoms. The average molecular weight is 297 g/mol. The Kier molecular flexibility index (Phi) is 2.92. The molecule has 0 saturated carbocycles. The molecule has 2 aromatic heterocycles. The monoisotopic (exact) mass is 297 g/mol. The number of amides is 1. The number of para-hydroxylation sites is 2. The Morgan fingerprint density at radius 2 is 2.23 bits per heavy atom. The van der Waals surface area contributed by atoms with Gasteiger partial charge in [-0.1, -0.05) is 17.3 Å². The van der Waals surface area contributed by atoms with Gasteiger partial charge < -0.3 is 14.4 Å². The maximum Gasteiger partial charge on any atom is 0.290 e. The molecule has 4 rings (SSSR count). The van der Waals surface area contributed by atoms with Crippen LogP contribution in [-0.2, 0) is 0 Å². The lowest BCUT2D eigenvalue weighted by Gasteiger charge is -2.20. The topological polar surface area (TPSA) is 87.9 Å². The summed E-state index contributed by atoms with van der Waals surface area (Å²) in [5, 5.41) is 3.81. The molecule has 1 saturated heterocycles. The van der Waals surface area contributed by atoms with Crippen LogP contribution in [0.4, 0.5) is 0 Å². The van der Waals surface area contributed by atoms with Gasteiger partial charge in [0, 0.05) is 6.54 Å². The predicted molar refractivity (Wildman–Crippen MR) is 78.1 cm³/mol. The predicted octanol–water partition coefficient (Wildman–Crippen LogP) is 2.23. The Morgan fingerprint density at radius 3 is 3.00 bits per heavy atom. The van der Waals surface area contributed by atoms with Gasteiger partial charge in [-0.05, 0) is 31.9 Å². The summed E-state index contributed by atoms with van der Waals surface area (Å²) in [5.41, 5.74) is 1.64. The van der Waals surface area contributed by atoms with Crippen molar-refractivity contribution in [3.05, 3.63) is 41.8 Å². The van der Waals surface area contributed by atoms with Crippen molar-refractivity contribution in [1.82, 2.24) is 25.0 Å². The minimum Gasteiger partial charge on any atom is -0.337 e. The molecule has 3 heterocycles. The highest BCUT2D eigenvalue weighted by atomic mass is 16.5. The van der Waals surface area contributed by atoms with Crippen LogP contribution in [0, 0.1) is 6.92 Å². The number of carbonyl (C=O) groups excluding carboxylic acids is 1. The van der Waals surface area contributed by atoms with E-state index in [1.807, 2.05) is 24.3 Å². The first-order valence-corrected chi connectivity index (χ1v) is 7.28. The number of likely N-dealkylation sites (tertiary alicyclic amines) is 1. The summed E-state index contributed by atoms with van der Waals surface area (Å²) in [6.45, 7) is 2.44. The summed E-state index contributed by atoms with van der Waals surface area (Å²) in [5.74, 6) is 1.30. The molecule has 1 amide bonds. The standard InChI is InChI=1S/C15H15N5O2/c1-9-16-14(22-19-9)12-7-4-8-20(12)15(21)13-17-10-5-2-3-6-11(10)18-13/h2-3,5-6,12H,4,7-8H2,1H3,(H,17,18)/t12-/m0/s1. The fourth-order valence-corrected chi connectivity index (χ4v) is 2.91. The molecule has 0 aliphatic carbocycles. The van der Waals surface area contributed by atoms with Gasteiger partial charge in [-0.15, -0.1) is 0 Å². The van der Waals surface area contributed by atoms with Gasteiger partial charge >= 0.3 is 0 Å². The molecule has 3 aromatic rings. The van der Waals surface area contributed by atoms with Crippen LogP contribution in [0.25, 0.3) is 11.0 Å². The SMILES string of the molecule is Cc1noc([C@@H]2CCCN2C(=O)c2nc3ccccc3[nH]2)n1. The molecule has 7 heteroatoms. The van der Waals surface area contributed by atoms with Crippen molar-refractivity contribution in [2.24, 2.45) is 0 Å². The van der Waals surface area contributed by atoms with Crippen LogP contribution >= 0.6 is 0 Å². The molecule has 1 N–H and O–H groups in total. The molecule has 0 bridgehead atoms. The highest BCUT2D eigenvalue weighted by molar-refractivity contribution is 5.94. The number of aromatic amines is 1. The lowest BCUT2D eigenvalue weighted by Crippen LogP contribution is -2.31. The van der Waals surface area contributed by atoms with Crippen LogP contribution in [0.2, 0.25) is 0 Å². The first-order valence-electron chi connectivity index (χ1n) is 7.28. The van der Waals surface area contributed by atoms with E-state index in [9.17, 15) is 4.79 Å². The van der Waals surface area contributed by atoms with Gasteiger partial charge in [0.2, 0.25) is 5.89 Å². The molecule has 7 nitrogen and oxygen atoms in total. The minimum atomic E-state index is -0.165. The van der Waals surface area contributed by atoms with Crippen molar-refractivity contribution in [2.45, 2.75) is 25.8 Å². The second-order valence-corrected chi connectivity index (χ2v) is 5.44. The van der Waals surface area contributed by atoms with Gasteiger partial charge in [0.05, 0.1) is 11.0 Å². The van der Waals surface area contributed by atoms with Crippen LogP contribution in [0.3, 0.4) is 0 Å². The summed E-state index contributed by atoms with van der Waals surface area (Å²) < 4.78 is 5.24. The van der Waals surface area contributed by atoms with E-state index in [4.69, 9.17) is 4.52 Å². The molecule has 112 valence electrons. The zero-order chi connectivity index (χ0) is 15.1. The van der Waals surface area contributed by atoms with Crippen LogP contribution in [0.5, 0.6) is 0 Å². The number of rotatable bonds is 2. The summed E-state index contributed by atoms with van der Waals surface area (Å²) in [4.78, 5) is 26.2. The van der Waals surface area contributed by atoms with Crippen molar-refractivity contribution in [1.29, 1.82) is 0 Å². The molecule has 1 aliphatic rings. The van der Waals surface area contributed by atoms with Crippen molar-refractivity contribution >= 4 is 16.9 Å². The number of hydrogen-bond donors (Lipinski definition) is 1. The van der Waals surface area contributed by atoms with Crippen LogP contribution in [-0.4, -0.2) is 37.5 Å². The molecule has 0 unspecified atom stereocenters. The van der Waals surface area contributed by atoms with Crippen LogP contribution < -0.4 is 0 Å². The molecule has 22 heavy (non-hydrogen) atoms. The Labute approximate surface area is 126 Å². The number of fused-ring (bicyclic) bond motifs is 1. The third kappa shape index (κ3) is 2.05. The zero-order valence-corrected chi connectivity index (χ0v) is 12.1. The van der Waals surface area contributed by atoms with Crippen LogP contribution in [0.15, 0.2) is 28.8 Å². The van der Waals surface area contributed by atoms with Crippen molar-refractivity contribution < 1.29 is 9.32 Å². The fourth-order valence-electron chi connectivity index (χ4n) is 2.91. The molecular weight excluding hydrogens is 282 g/mol. The summed E-state index contributed by atoms with van der Waals surface area (Å²) >= 11 is 0. The quantitative estimate of drug-likeness (QED) is 0.783. The number of H-pyrrole nitrogens is 1. The Bertz CT molecular complexity index is 804. The zero-order valence-electron chi connectivity index (χ0n) is 12.1. The van der Waals surface area contributed by atoms with Gasteiger partial charge in [-0.2, -0.15) is 4.98 Å². The second-order valence-electron chi connectivity index (χ2n) is 5.44. The van der Waals surface area contributed by atoms with Gasteiger partial charge in [0.15, 0.2) is 11.6 Å². The number of aromatic nitrogens is 4. The normalized spacial score (nSPS) is 18.2. The molecule has 1 fully saturated rings. The number of aryl methyl sites for hydroxylation is 1. The summed E-state index contributed by atoms with van der Waals surface area (Å²) in [6.07, 6.45) is 1.74. The number of hydrogen-bond acceptors (Lipinski definition) is 5. The number of benzene rings is 1. The minimum absolute atomic E-state index is 0.130. The van der Waals surface area contributed by atoms with Crippen molar-refractivity contribution in [3.8, 4) is 0 Å². The summed E-state index contributed by atoms with van der Waals surface area (Å²) in [6, 6.07) is 7.43. The smallest absolute Gasteiger partial charge is 0.290 e. The van der Waals surface area contributed by atoms with E-state index < -0.39 is 0 Å². The lowest BCUT2D eigenvalue weighted by molar-refractivity contribution is 0.0699. The molecule has 1 atom stereocenters. The Morgan fingerprint density at radius 1 is 1.36 bits per heavy atom. The van der Waals surface area contributed by atoms with E-state index >= 15 is 0 Å². The molecule has 0 radical (unpaired) electrons. The van der Waals surface area contributed by atoms with Crippen LogP contribution in [0.1, 0.15) is 41.2 Å². The van der Waals surface area contributed by atoms with Crippen molar-refractivity contribution in [2.75, 3.05) is 6.54 Å². The third-order valence-electron chi connectivity index (χ3n) is 3.93.